The van der Waals surface area contributed by atoms with E-state index in [1.807, 2.05) is 0 Å². The van der Waals surface area contributed by atoms with E-state index in [0.717, 1.165) is 47.0 Å². The lowest BCUT2D eigenvalue weighted by Gasteiger charge is -2.08. The standard InChI is InChI=1S/C24H12N2O6S6/c25-11-15(37(29,30)13-7-3-1-4-8-13)23-33-19-17(27)21-22(18(28)20(19)34-23)36-24(35-21)16(12-26)38(31,32)14-9-5-2-6-10-14/h1-10,27-28H. The summed E-state index contributed by atoms with van der Waals surface area (Å²) in [6, 6.07) is 18.4. The molecule has 0 bridgehead atoms. The zero-order valence-electron chi connectivity index (χ0n) is 18.6. The maximum Gasteiger partial charge on any atom is 0.218 e. The molecule has 0 atom stereocenters. The van der Waals surface area contributed by atoms with Gasteiger partial charge in [0, 0.05) is 0 Å². The Morgan fingerprint density at radius 1 is 0.579 bits per heavy atom. The number of rotatable bonds is 4. The Kier molecular flexibility index (Phi) is 6.98. The summed E-state index contributed by atoms with van der Waals surface area (Å²) in [4.78, 5) is -0.631. The molecule has 2 aliphatic heterocycles. The van der Waals surface area contributed by atoms with E-state index < -0.39 is 29.5 Å². The van der Waals surface area contributed by atoms with E-state index in [0.29, 0.717) is 0 Å². The first-order valence-corrected chi connectivity index (χ1v) is 16.6. The number of nitriles is 2. The normalized spacial score (nSPS) is 14.4. The van der Waals surface area contributed by atoms with Gasteiger partial charge in [0.05, 0.1) is 37.8 Å². The Morgan fingerprint density at radius 2 is 0.868 bits per heavy atom. The molecule has 5 rings (SSSR count). The SMILES string of the molecule is N#CC(=C1Sc2c(O)c3c(c(O)c2S1)SC(=C(C#N)S(=O)(=O)c1ccccc1)S3)S(=O)(=O)c1ccccc1. The fourth-order valence-corrected chi connectivity index (χ4v) is 12.3. The number of thioether (sulfide) groups is 4. The lowest BCUT2D eigenvalue weighted by Crippen LogP contribution is -2.04. The van der Waals surface area contributed by atoms with E-state index in [1.54, 1.807) is 24.3 Å². The molecule has 2 heterocycles. The van der Waals surface area contributed by atoms with Crippen molar-refractivity contribution < 1.29 is 27.0 Å². The number of phenolic OH excluding ortho intramolecular Hbond substituents is 2. The molecule has 2 aliphatic rings. The molecule has 0 unspecified atom stereocenters. The van der Waals surface area contributed by atoms with Gasteiger partial charge in [-0.2, -0.15) is 10.5 Å². The Morgan fingerprint density at radius 3 is 1.13 bits per heavy atom. The number of fused-ring (bicyclic) bond motifs is 2. The van der Waals surface area contributed by atoms with Crippen LogP contribution in [-0.4, -0.2) is 27.0 Å². The minimum Gasteiger partial charge on any atom is -0.505 e. The molecule has 3 aromatic carbocycles. The number of allylic oxidation sites excluding steroid dienone is 2. The van der Waals surface area contributed by atoms with Crippen molar-refractivity contribution in [1.29, 1.82) is 10.5 Å². The van der Waals surface area contributed by atoms with Crippen LogP contribution in [0, 0.1) is 22.7 Å². The van der Waals surface area contributed by atoms with E-state index in [4.69, 9.17) is 0 Å². The Hall–Kier alpha value is -2.98. The van der Waals surface area contributed by atoms with Crippen molar-refractivity contribution in [2.45, 2.75) is 29.4 Å². The third-order valence-electron chi connectivity index (χ3n) is 5.27. The van der Waals surface area contributed by atoms with Gasteiger partial charge in [0.1, 0.15) is 23.6 Å². The maximum atomic E-state index is 13.1. The van der Waals surface area contributed by atoms with Crippen molar-refractivity contribution in [3.63, 3.8) is 0 Å². The van der Waals surface area contributed by atoms with Gasteiger partial charge in [0.15, 0.2) is 9.81 Å². The summed E-state index contributed by atoms with van der Waals surface area (Å²) >= 11 is 3.30. The molecule has 0 saturated heterocycles. The first-order valence-electron chi connectivity index (χ1n) is 10.3. The summed E-state index contributed by atoms with van der Waals surface area (Å²) in [6.07, 6.45) is 0. The number of aromatic hydroxyl groups is 2. The molecule has 0 fully saturated rings. The lowest BCUT2D eigenvalue weighted by atomic mass is 10.3. The second-order valence-electron chi connectivity index (χ2n) is 7.51. The molecule has 0 saturated carbocycles. The van der Waals surface area contributed by atoms with Crippen molar-refractivity contribution in [3.8, 4) is 23.6 Å². The molecule has 0 aromatic heterocycles. The average Bonchev–Trinajstić information content (AvgIpc) is 3.55. The Bertz CT molecular complexity index is 1690. The summed E-state index contributed by atoms with van der Waals surface area (Å²) in [5.74, 6) is -0.617. The smallest absolute Gasteiger partial charge is 0.218 e. The van der Waals surface area contributed by atoms with Crippen LogP contribution in [0.3, 0.4) is 0 Å². The van der Waals surface area contributed by atoms with Crippen molar-refractivity contribution in [2.24, 2.45) is 0 Å². The molecule has 14 heteroatoms. The van der Waals surface area contributed by atoms with Crippen LogP contribution in [0.1, 0.15) is 0 Å². The van der Waals surface area contributed by atoms with Gasteiger partial charge in [-0.05, 0) is 24.3 Å². The van der Waals surface area contributed by atoms with E-state index in [-0.39, 0.29) is 49.3 Å². The van der Waals surface area contributed by atoms with Gasteiger partial charge in [-0.3, -0.25) is 0 Å². The summed E-state index contributed by atoms with van der Waals surface area (Å²) in [5.41, 5.74) is 0. The van der Waals surface area contributed by atoms with E-state index in [9.17, 15) is 37.6 Å². The third-order valence-corrected chi connectivity index (χ3v) is 14.5. The molecule has 2 N–H and O–H groups in total. The second kappa shape index (κ2) is 9.96. The summed E-state index contributed by atoms with van der Waals surface area (Å²) in [5, 5.41) is 41.5. The first-order chi connectivity index (χ1) is 18.1. The topological polar surface area (TPSA) is 156 Å². The number of sulfone groups is 2. The van der Waals surface area contributed by atoms with Crippen molar-refractivity contribution >= 4 is 66.7 Å². The quantitative estimate of drug-likeness (QED) is 0.268. The van der Waals surface area contributed by atoms with Crippen LogP contribution in [0.2, 0.25) is 0 Å². The van der Waals surface area contributed by atoms with E-state index >= 15 is 0 Å². The number of hydrogen-bond donors (Lipinski definition) is 2. The van der Waals surface area contributed by atoms with E-state index in [2.05, 4.69) is 0 Å². The fraction of sp³-hybridized carbons (Fsp3) is 0. The highest BCUT2D eigenvalue weighted by Crippen LogP contribution is 2.68. The van der Waals surface area contributed by atoms with Crippen LogP contribution in [-0.2, 0) is 19.7 Å². The molecule has 0 aliphatic carbocycles. The highest BCUT2D eigenvalue weighted by atomic mass is 32.2. The fourth-order valence-electron chi connectivity index (χ4n) is 3.48. The van der Waals surface area contributed by atoms with Crippen LogP contribution in [0.5, 0.6) is 11.5 Å². The summed E-state index contributed by atoms with van der Waals surface area (Å²) < 4.78 is 52.5. The molecule has 190 valence electrons. The minimum absolute atomic E-state index is 0.0655. The van der Waals surface area contributed by atoms with Gasteiger partial charge in [-0.25, -0.2) is 16.8 Å². The van der Waals surface area contributed by atoms with Crippen LogP contribution in [0.15, 0.2) is 108 Å². The van der Waals surface area contributed by atoms with Crippen LogP contribution >= 0.6 is 47.0 Å². The van der Waals surface area contributed by atoms with Crippen LogP contribution in [0.25, 0.3) is 0 Å². The van der Waals surface area contributed by atoms with Crippen LogP contribution < -0.4 is 0 Å². The molecule has 0 amide bonds. The van der Waals surface area contributed by atoms with Gasteiger partial charge in [-0.15, -0.1) is 0 Å². The monoisotopic (exact) mass is 616 g/mol. The molecular weight excluding hydrogens is 605 g/mol. The van der Waals surface area contributed by atoms with Gasteiger partial charge in [0.2, 0.25) is 19.7 Å². The summed E-state index contributed by atoms with van der Waals surface area (Å²) in [6.45, 7) is 0. The highest BCUT2D eigenvalue weighted by Gasteiger charge is 2.39. The highest BCUT2D eigenvalue weighted by molar-refractivity contribution is 8.26. The Balaban J connectivity index is 1.58. The van der Waals surface area contributed by atoms with Gasteiger partial charge >= 0.3 is 0 Å². The molecule has 8 nitrogen and oxygen atoms in total. The molecule has 38 heavy (non-hydrogen) atoms. The maximum absolute atomic E-state index is 13.1. The first kappa shape index (κ1) is 26.6. The predicted octanol–water partition coefficient (Wildman–Crippen LogP) is 5.83. The van der Waals surface area contributed by atoms with E-state index in [1.165, 1.54) is 48.5 Å². The lowest BCUT2D eigenvalue weighted by molar-refractivity contribution is 0.411. The molecule has 3 aromatic rings. The number of hydrogen-bond acceptors (Lipinski definition) is 12. The zero-order valence-corrected chi connectivity index (χ0v) is 23.5. The third kappa shape index (κ3) is 4.27. The number of phenols is 2. The average molecular weight is 617 g/mol. The van der Waals surface area contributed by atoms with Crippen molar-refractivity contribution in [1.82, 2.24) is 0 Å². The van der Waals surface area contributed by atoms with Crippen LogP contribution in [0.4, 0.5) is 0 Å². The second-order valence-corrected chi connectivity index (χ2v) is 15.9. The number of nitrogens with zero attached hydrogens (tertiary/aromatic N) is 2. The molecular formula is C24H12N2O6S6. The minimum atomic E-state index is -4.16. The van der Waals surface area contributed by atoms with Crippen molar-refractivity contribution in [3.05, 3.63) is 78.9 Å². The largest absolute Gasteiger partial charge is 0.505 e. The van der Waals surface area contributed by atoms with Gasteiger partial charge < -0.3 is 10.2 Å². The Labute approximate surface area is 234 Å². The molecule has 0 spiro atoms. The van der Waals surface area contributed by atoms with Gasteiger partial charge in [-0.1, -0.05) is 83.4 Å². The van der Waals surface area contributed by atoms with Crippen molar-refractivity contribution in [2.75, 3.05) is 0 Å². The number of benzene rings is 3. The van der Waals surface area contributed by atoms with Gasteiger partial charge in [0.25, 0.3) is 0 Å². The molecule has 0 radical (unpaired) electrons. The zero-order chi connectivity index (χ0) is 27.2. The predicted molar refractivity (Wildman–Crippen MR) is 146 cm³/mol. The summed E-state index contributed by atoms with van der Waals surface area (Å²) in [7, 11) is -8.33.